The molecule has 0 atom stereocenters. The van der Waals surface area contributed by atoms with E-state index in [1.54, 1.807) is 0 Å². The minimum atomic E-state index is -3.33. The third-order valence-corrected chi connectivity index (χ3v) is 2.56. The molecule has 0 radical (unpaired) electrons. The lowest BCUT2D eigenvalue weighted by atomic mass is 10.2. The molecule has 1 heterocycles. The maximum Gasteiger partial charge on any atom is 0.422 e. The van der Waals surface area contributed by atoms with E-state index in [0.717, 1.165) is 0 Å². The van der Waals surface area contributed by atoms with E-state index >= 15 is 0 Å². The van der Waals surface area contributed by atoms with Gasteiger partial charge in [-0.3, -0.25) is 0 Å². The molecule has 0 bridgehead atoms. The van der Waals surface area contributed by atoms with Gasteiger partial charge in [-0.1, -0.05) is 6.08 Å². The van der Waals surface area contributed by atoms with Gasteiger partial charge in [0.2, 0.25) is 0 Å². The molecule has 0 aromatic heterocycles. The summed E-state index contributed by atoms with van der Waals surface area (Å²) < 4.78 is 13.8. The molecule has 1 aliphatic heterocycles. The van der Waals surface area contributed by atoms with Gasteiger partial charge in [-0.2, -0.15) is 0 Å². The van der Waals surface area contributed by atoms with E-state index in [1.807, 2.05) is 0 Å². The van der Waals surface area contributed by atoms with E-state index < -0.39 is 17.9 Å². The van der Waals surface area contributed by atoms with Gasteiger partial charge in [0.15, 0.2) is 5.76 Å². The van der Waals surface area contributed by atoms with Crippen molar-refractivity contribution in [1.82, 2.24) is 0 Å². The molecular weight excluding hydrogens is 260 g/mol. The number of carbonyl (C=O) groups excluding carboxylic acids is 1. The van der Waals surface area contributed by atoms with Crippen LogP contribution < -0.4 is 0 Å². The molecule has 0 unspecified atom stereocenters. The standard InChI is InChI=1S/C11H12O8/c1-17-9(12)6-2-4-7-8(5-3-6)19-11(15,16)10(13,14)18-7/h2-4,13-16H,5H2,1H3. The van der Waals surface area contributed by atoms with Crippen molar-refractivity contribution in [3.05, 3.63) is 35.3 Å². The third kappa shape index (κ3) is 2.34. The Labute approximate surface area is 107 Å². The summed E-state index contributed by atoms with van der Waals surface area (Å²) in [6.45, 7) is 0. The lowest BCUT2D eigenvalue weighted by Crippen LogP contribution is -2.59. The van der Waals surface area contributed by atoms with Gasteiger partial charge in [-0.25, -0.2) is 4.79 Å². The Hall–Kier alpha value is -1.87. The second-order valence-corrected chi connectivity index (χ2v) is 3.90. The molecule has 0 fully saturated rings. The topological polar surface area (TPSA) is 126 Å². The molecule has 0 saturated carbocycles. The Bertz CT molecular complexity index is 497. The van der Waals surface area contributed by atoms with Crippen LogP contribution in [0.15, 0.2) is 35.3 Å². The number of methoxy groups -OCH3 is 1. The molecule has 2 rings (SSSR count). The number of carbonyl (C=O) groups is 1. The van der Waals surface area contributed by atoms with Crippen LogP contribution in [-0.2, 0) is 19.0 Å². The molecule has 8 nitrogen and oxygen atoms in total. The quantitative estimate of drug-likeness (QED) is 0.338. The summed E-state index contributed by atoms with van der Waals surface area (Å²) in [7, 11) is 1.21. The first kappa shape index (κ1) is 13.6. The van der Waals surface area contributed by atoms with Crippen molar-refractivity contribution < 1.29 is 39.4 Å². The Morgan fingerprint density at radius 3 is 2.47 bits per heavy atom. The highest BCUT2D eigenvalue weighted by Gasteiger charge is 2.58. The van der Waals surface area contributed by atoms with Crippen molar-refractivity contribution in [2.75, 3.05) is 7.11 Å². The number of hydrogen-bond acceptors (Lipinski definition) is 8. The summed E-state index contributed by atoms with van der Waals surface area (Å²) in [5.74, 6) is -7.46. The van der Waals surface area contributed by atoms with Gasteiger partial charge in [0.25, 0.3) is 0 Å². The molecule has 104 valence electrons. The van der Waals surface area contributed by atoms with E-state index in [0.29, 0.717) is 0 Å². The number of allylic oxidation sites excluding steroid dienone is 2. The number of ether oxygens (including phenoxy) is 3. The van der Waals surface area contributed by atoms with Crippen molar-refractivity contribution in [3.63, 3.8) is 0 Å². The van der Waals surface area contributed by atoms with Crippen LogP contribution in [0.3, 0.4) is 0 Å². The average Bonchev–Trinajstić information content (AvgIpc) is 2.50. The molecule has 19 heavy (non-hydrogen) atoms. The largest absolute Gasteiger partial charge is 0.465 e. The molecule has 2 aliphatic rings. The average molecular weight is 272 g/mol. The SMILES string of the molecule is COC(=O)C1=CCC2=C(C=C1)OC(O)(O)C(O)(O)O2. The molecule has 0 amide bonds. The fraction of sp³-hybridized carbons (Fsp3) is 0.364. The van der Waals surface area contributed by atoms with Crippen LogP contribution in [0.25, 0.3) is 0 Å². The van der Waals surface area contributed by atoms with Crippen LogP contribution in [0.2, 0.25) is 0 Å². The van der Waals surface area contributed by atoms with E-state index in [9.17, 15) is 25.2 Å². The van der Waals surface area contributed by atoms with Crippen LogP contribution in [0.5, 0.6) is 0 Å². The van der Waals surface area contributed by atoms with Crippen LogP contribution >= 0.6 is 0 Å². The van der Waals surface area contributed by atoms with Crippen LogP contribution in [0.4, 0.5) is 0 Å². The van der Waals surface area contributed by atoms with Crippen molar-refractivity contribution >= 4 is 5.97 Å². The van der Waals surface area contributed by atoms with E-state index in [2.05, 4.69) is 14.2 Å². The lowest BCUT2D eigenvalue weighted by Gasteiger charge is -2.38. The highest BCUT2D eigenvalue weighted by molar-refractivity contribution is 5.91. The van der Waals surface area contributed by atoms with Crippen molar-refractivity contribution in [2.45, 2.75) is 18.4 Å². The summed E-state index contributed by atoms with van der Waals surface area (Å²) in [5, 5.41) is 37.2. The normalized spacial score (nSPS) is 23.5. The van der Waals surface area contributed by atoms with Gasteiger partial charge in [0.1, 0.15) is 5.76 Å². The summed E-state index contributed by atoms with van der Waals surface area (Å²) >= 11 is 0. The van der Waals surface area contributed by atoms with Crippen LogP contribution in [0, 0.1) is 0 Å². The summed E-state index contributed by atoms with van der Waals surface area (Å²) in [4.78, 5) is 11.3. The van der Waals surface area contributed by atoms with E-state index in [4.69, 9.17) is 0 Å². The highest BCUT2D eigenvalue weighted by Crippen LogP contribution is 2.36. The zero-order chi connectivity index (χ0) is 14.3. The Kier molecular flexibility index (Phi) is 3.11. The monoisotopic (exact) mass is 272 g/mol. The Morgan fingerprint density at radius 2 is 1.84 bits per heavy atom. The Morgan fingerprint density at radius 1 is 1.21 bits per heavy atom. The fourth-order valence-electron chi connectivity index (χ4n) is 1.54. The fourth-order valence-corrected chi connectivity index (χ4v) is 1.54. The second kappa shape index (κ2) is 4.35. The number of aliphatic hydroxyl groups is 4. The molecule has 0 aromatic rings. The van der Waals surface area contributed by atoms with E-state index in [-0.39, 0.29) is 23.5 Å². The first-order chi connectivity index (χ1) is 8.77. The van der Waals surface area contributed by atoms with Gasteiger partial charge in [-0.15, -0.1) is 0 Å². The molecule has 4 N–H and O–H groups in total. The number of hydrogen-bond donors (Lipinski definition) is 4. The van der Waals surface area contributed by atoms with Crippen molar-refractivity contribution in [2.24, 2.45) is 0 Å². The van der Waals surface area contributed by atoms with Crippen LogP contribution in [0.1, 0.15) is 6.42 Å². The predicted octanol–water partition coefficient (Wildman–Crippen LogP) is -1.42. The first-order valence-electron chi connectivity index (χ1n) is 5.24. The summed E-state index contributed by atoms with van der Waals surface area (Å²) in [5.41, 5.74) is 0.187. The highest BCUT2D eigenvalue weighted by atomic mass is 16.9. The summed E-state index contributed by atoms with van der Waals surface area (Å²) in [6.07, 6.45) is 3.93. The number of esters is 1. The second-order valence-electron chi connectivity index (χ2n) is 3.90. The van der Waals surface area contributed by atoms with Gasteiger partial charge in [0.05, 0.1) is 12.7 Å². The molecule has 0 saturated heterocycles. The minimum Gasteiger partial charge on any atom is -0.465 e. The number of rotatable bonds is 1. The molecule has 0 aromatic carbocycles. The van der Waals surface area contributed by atoms with Gasteiger partial charge in [-0.05, 0) is 12.2 Å². The maximum absolute atomic E-state index is 11.3. The van der Waals surface area contributed by atoms with Crippen molar-refractivity contribution in [3.8, 4) is 0 Å². The molecule has 1 aliphatic carbocycles. The molecule has 8 heteroatoms. The van der Waals surface area contributed by atoms with Gasteiger partial charge in [0, 0.05) is 6.42 Å². The zero-order valence-electron chi connectivity index (χ0n) is 9.86. The predicted molar refractivity (Wildman–Crippen MR) is 57.4 cm³/mol. The van der Waals surface area contributed by atoms with Crippen molar-refractivity contribution in [1.29, 1.82) is 0 Å². The third-order valence-electron chi connectivity index (χ3n) is 2.56. The zero-order valence-corrected chi connectivity index (χ0v) is 9.86. The first-order valence-corrected chi connectivity index (χ1v) is 5.24. The maximum atomic E-state index is 11.3. The lowest BCUT2D eigenvalue weighted by molar-refractivity contribution is -0.527. The van der Waals surface area contributed by atoms with E-state index in [1.165, 1.54) is 25.3 Å². The smallest absolute Gasteiger partial charge is 0.422 e. The van der Waals surface area contributed by atoms with Crippen LogP contribution in [-0.4, -0.2) is 45.5 Å². The van der Waals surface area contributed by atoms with Gasteiger partial charge < -0.3 is 34.6 Å². The Balaban J connectivity index is 2.30. The molecule has 0 spiro atoms. The minimum absolute atomic E-state index is 0.0221. The summed E-state index contributed by atoms with van der Waals surface area (Å²) in [6, 6.07) is 0. The van der Waals surface area contributed by atoms with Gasteiger partial charge >= 0.3 is 17.9 Å². The molecular formula is C11H12O8.